The van der Waals surface area contributed by atoms with Gasteiger partial charge in [0.25, 0.3) is 0 Å². The highest BCUT2D eigenvalue weighted by molar-refractivity contribution is 5.96. The van der Waals surface area contributed by atoms with Gasteiger partial charge in [0.15, 0.2) is 0 Å². The largest absolute Gasteiger partial charge is 0.496 e. The molecular formula is C14H19NO4. The summed E-state index contributed by atoms with van der Waals surface area (Å²) < 4.78 is 5.22. The minimum atomic E-state index is -1.12. The highest BCUT2D eigenvalue weighted by Gasteiger charge is 2.19. The Labute approximate surface area is 112 Å². The molecule has 0 bridgehead atoms. The van der Waals surface area contributed by atoms with Crippen LogP contribution in [0.25, 0.3) is 0 Å². The number of benzene rings is 1. The number of carboxylic acid groups (broad SMARTS) is 1. The summed E-state index contributed by atoms with van der Waals surface area (Å²) in [6.07, 6.45) is 0.634. The number of carboxylic acids is 1. The molecule has 1 aromatic rings. The third-order valence-corrected chi connectivity index (χ3v) is 2.95. The molecule has 1 aromatic carbocycles. The van der Waals surface area contributed by atoms with Crippen LogP contribution in [-0.4, -0.2) is 30.6 Å². The SMILES string of the molecule is COc1cc(CCNC(=O)C(C)C(=O)O)ccc1C. The van der Waals surface area contributed by atoms with E-state index in [0.717, 1.165) is 16.9 Å². The number of rotatable bonds is 6. The van der Waals surface area contributed by atoms with Gasteiger partial charge in [-0.05, 0) is 37.5 Å². The first-order chi connectivity index (χ1) is 8.95. The minimum Gasteiger partial charge on any atom is -0.496 e. The lowest BCUT2D eigenvalue weighted by atomic mass is 10.1. The standard InChI is InChI=1S/C14H19NO4/c1-9-4-5-11(8-12(9)19-3)6-7-15-13(16)10(2)14(17)18/h4-5,8,10H,6-7H2,1-3H3,(H,15,16)(H,17,18). The molecule has 0 heterocycles. The van der Waals surface area contributed by atoms with Crippen LogP contribution in [0.1, 0.15) is 18.1 Å². The highest BCUT2D eigenvalue weighted by atomic mass is 16.5. The van der Waals surface area contributed by atoms with Gasteiger partial charge in [0.2, 0.25) is 5.91 Å². The number of hydrogen-bond donors (Lipinski definition) is 2. The average molecular weight is 265 g/mol. The van der Waals surface area contributed by atoms with E-state index in [1.54, 1.807) is 7.11 Å². The Hall–Kier alpha value is -2.04. The van der Waals surface area contributed by atoms with Crippen LogP contribution in [-0.2, 0) is 16.0 Å². The summed E-state index contributed by atoms with van der Waals surface area (Å²) in [4.78, 5) is 22.1. The number of methoxy groups -OCH3 is 1. The summed E-state index contributed by atoms with van der Waals surface area (Å²) in [6, 6.07) is 5.84. The van der Waals surface area contributed by atoms with E-state index in [1.807, 2.05) is 25.1 Å². The molecule has 0 aliphatic rings. The number of carbonyl (C=O) groups excluding carboxylic acids is 1. The van der Waals surface area contributed by atoms with Crippen LogP contribution >= 0.6 is 0 Å². The molecule has 1 rings (SSSR count). The molecule has 0 saturated carbocycles. The third kappa shape index (κ3) is 4.28. The minimum absolute atomic E-state index is 0.405. The van der Waals surface area contributed by atoms with Gasteiger partial charge in [-0.25, -0.2) is 0 Å². The first-order valence-electron chi connectivity index (χ1n) is 6.09. The fourth-order valence-corrected chi connectivity index (χ4v) is 1.62. The lowest BCUT2D eigenvalue weighted by molar-refractivity contribution is -0.146. The van der Waals surface area contributed by atoms with Gasteiger partial charge in [-0.2, -0.15) is 0 Å². The lowest BCUT2D eigenvalue weighted by Crippen LogP contribution is -2.34. The Balaban J connectivity index is 2.49. The van der Waals surface area contributed by atoms with Crippen molar-refractivity contribution >= 4 is 11.9 Å². The molecule has 0 aromatic heterocycles. The number of carbonyl (C=O) groups is 2. The van der Waals surface area contributed by atoms with Gasteiger partial charge in [0, 0.05) is 6.54 Å². The zero-order chi connectivity index (χ0) is 14.4. The summed E-state index contributed by atoms with van der Waals surface area (Å²) >= 11 is 0. The van der Waals surface area contributed by atoms with Crippen molar-refractivity contribution in [2.75, 3.05) is 13.7 Å². The first kappa shape index (κ1) is 15.0. The van der Waals surface area contributed by atoms with Gasteiger partial charge >= 0.3 is 5.97 Å². The van der Waals surface area contributed by atoms with E-state index in [4.69, 9.17) is 9.84 Å². The van der Waals surface area contributed by atoms with Gasteiger partial charge in [-0.3, -0.25) is 9.59 Å². The lowest BCUT2D eigenvalue weighted by Gasteiger charge is -2.10. The number of nitrogens with one attached hydrogen (secondary N) is 1. The Morgan fingerprint density at radius 1 is 1.42 bits per heavy atom. The molecule has 1 atom stereocenters. The summed E-state index contributed by atoms with van der Waals surface area (Å²) in [7, 11) is 1.61. The topological polar surface area (TPSA) is 75.6 Å². The number of hydrogen-bond acceptors (Lipinski definition) is 3. The number of aliphatic carboxylic acids is 1. The van der Waals surface area contributed by atoms with Crippen molar-refractivity contribution in [1.82, 2.24) is 5.32 Å². The first-order valence-corrected chi connectivity index (χ1v) is 6.09. The fraction of sp³-hybridized carbons (Fsp3) is 0.429. The number of aryl methyl sites for hydroxylation is 1. The van der Waals surface area contributed by atoms with E-state index in [0.29, 0.717) is 13.0 Å². The third-order valence-electron chi connectivity index (χ3n) is 2.95. The summed E-state index contributed by atoms with van der Waals surface area (Å²) in [5, 5.41) is 11.3. The second-order valence-electron chi connectivity index (χ2n) is 4.40. The Morgan fingerprint density at radius 3 is 2.68 bits per heavy atom. The molecular weight excluding hydrogens is 246 g/mol. The predicted molar refractivity (Wildman–Crippen MR) is 71.2 cm³/mol. The summed E-state index contributed by atoms with van der Waals surface area (Å²) in [5.74, 6) is -1.80. The van der Waals surface area contributed by atoms with Gasteiger partial charge in [-0.1, -0.05) is 12.1 Å². The van der Waals surface area contributed by atoms with Crippen molar-refractivity contribution in [2.24, 2.45) is 5.92 Å². The Kier molecular flexibility index (Phi) is 5.36. The van der Waals surface area contributed by atoms with Gasteiger partial charge in [0.05, 0.1) is 7.11 Å². The van der Waals surface area contributed by atoms with E-state index in [2.05, 4.69) is 5.32 Å². The van der Waals surface area contributed by atoms with Crippen LogP contribution in [0.4, 0.5) is 0 Å². The zero-order valence-electron chi connectivity index (χ0n) is 11.4. The summed E-state index contributed by atoms with van der Waals surface area (Å²) in [5.41, 5.74) is 2.08. The molecule has 0 saturated heterocycles. The Bertz CT molecular complexity index is 471. The molecule has 0 aliphatic carbocycles. The van der Waals surface area contributed by atoms with Crippen LogP contribution in [0.15, 0.2) is 18.2 Å². The molecule has 0 fully saturated rings. The van der Waals surface area contributed by atoms with Crippen molar-refractivity contribution in [2.45, 2.75) is 20.3 Å². The molecule has 19 heavy (non-hydrogen) atoms. The molecule has 1 amide bonds. The number of amides is 1. The van der Waals surface area contributed by atoms with E-state index < -0.39 is 17.8 Å². The van der Waals surface area contributed by atoms with Crippen LogP contribution < -0.4 is 10.1 Å². The normalized spacial score (nSPS) is 11.7. The highest BCUT2D eigenvalue weighted by Crippen LogP contribution is 2.18. The quantitative estimate of drug-likeness (QED) is 0.762. The van der Waals surface area contributed by atoms with Crippen LogP contribution in [0.2, 0.25) is 0 Å². The van der Waals surface area contributed by atoms with Crippen LogP contribution in [0, 0.1) is 12.8 Å². The molecule has 0 aliphatic heterocycles. The second-order valence-corrected chi connectivity index (χ2v) is 4.40. The van der Waals surface area contributed by atoms with Crippen LogP contribution in [0.3, 0.4) is 0 Å². The zero-order valence-corrected chi connectivity index (χ0v) is 11.4. The predicted octanol–water partition coefficient (Wildman–Crippen LogP) is 1.38. The number of ether oxygens (including phenoxy) is 1. The maximum Gasteiger partial charge on any atom is 0.315 e. The maximum atomic E-state index is 11.4. The molecule has 104 valence electrons. The van der Waals surface area contributed by atoms with Crippen molar-refractivity contribution in [3.63, 3.8) is 0 Å². The molecule has 1 unspecified atom stereocenters. The molecule has 5 heteroatoms. The van der Waals surface area contributed by atoms with E-state index in [9.17, 15) is 9.59 Å². The molecule has 0 spiro atoms. The Morgan fingerprint density at radius 2 is 2.11 bits per heavy atom. The summed E-state index contributed by atoms with van der Waals surface area (Å²) in [6.45, 7) is 3.73. The maximum absolute atomic E-state index is 11.4. The van der Waals surface area contributed by atoms with Crippen molar-refractivity contribution in [3.05, 3.63) is 29.3 Å². The van der Waals surface area contributed by atoms with Crippen LogP contribution in [0.5, 0.6) is 5.75 Å². The van der Waals surface area contributed by atoms with Gasteiger partial charge < -0.3 is 15.2 Å². The smallest absolute Gasteiger partial charge is 0.315 e. The van der Waals surface area contributed by atoms with Gasteiger partial charge in [0.1, 0.15) is 11.7 Å². The molecule has 5 nitrogen and oxygen atoms in total. The van der Waals surface area contributed by atoms with E-state index in [1.165, 1.54) is 6.92 Å². The van der Waals surface area contributed by atoms with Crippen molar-refractivity contribution < 1.29 is 19.4 Å². The monoisotopic (exact) mass is 265 g/mol. The average Bonchev–Trinajstić information content (AvgIpc) is 2.39. The van der Waals surface area contributed by atoms with Crippen molar-refractivity contribution in [1.29, 1.82) is 0 Å². The van der Waals surface area contributed by atoms with E-state index in [-0.39, 0.29) is 0 Å². The van der Waals surface area contributed by atoms with E-state index >= 15 is 0 Å². The molecule has 0 radical (unpaired) electrons. The fourth-order valence-electron chi connectivity index (χ4n) is 1.62. The van der Waals surface area contributed by atoms with Gasteiger partial charge in [-0.15, -0.1) is 0 Å². The second kappa shape index (κ2) is 6.78. The van der Waals surface area contributed by atoms with Crippen molar-refractivity contribution in [3.8, 4) is 5.75 Å². The molecule has 2 N–H and O–H groups in total.